The molecule has 3 amide bonds. The lowest BCUT2D eigenvalue weighted by atomic mass is 10.0. The molecule has 2 unspecified atom stereocenters. The van der Waals surface area contributed by atoms with E-state index in [-0.39, 0.29) is 36.2 Å². The smallest absolute Gasteiger partial charge is 0.323 e. The van der Waals surface area contributed by atoms with E-state index >= 15 is 0 Å². The van der Waals surface area contributed by atoms with Crippen LogP contribution in [0.1, 0.15) is 52.9 Å². The van der Waals surface area contributed by atoms with Crippen molar-refractivity contribution in [3.05, 3.63) is 0 Å². The third kappa shape index (κ3) is 5.20. The zero-order valence-corrected chi connectivity index (χ0v) is 16.5. The highest BCUT2D eigenvalue weighted by molar-refractivity contribution is 5.89. The molecule has 0 aromatic carbocycles. The van der Waals surface area contributed by atoms with Crippen LogP contribution in [0.3, 0.4) is 0 Å². The number of aliphatic carboxylic acids is 1. The predicted molar refractivity (Wildman–Crippen MR) is 98.8 cm³/mol. The highest BCUT2D eigenvalue weighted by Crippen LogP contribution is 2.23. The first kappa shape index (κ1) is 21.2. The van der Waals surface area contributed by atoms with Gasteiger partial charge in [-0.15, -0.1) is 0 Å². The minimum atomic E-state index is -1.03. The Bertz CT molecular complexity index is 592. The van der Waals surface area contributed by atoms with Crippen molar-refractivity contribution in [3.8, 4) is 0 Å². The van der Waals surface area contributed by atoms with Crippen LogP contribution in [0.15, 0.2) is 0 Å². The van der Waals surface area contributed by atoms with Crippen molar-refractivity contribution in [1.29, 1.82) is 0 Å². The van der Waals surface area contributed by atoms with E-state index in [1.54, 1.807) is 9.80 Å². The van der Waals surface area contributed by atoms with E-state index in [0.717, 1.165) is 6.42 Å². The third-order valence-corrected chi connectivity index (χ3v) is 5.49. The molecule has 0 aromatic heterocycles. The summed E-state index contributed by atoms with van der Waals surface area (Å²) >= 11 is 0. The highest BCUT2D eigenvalue weighted by atomic mass is 16.4. The number of hydrogen-bond acceptors (Lipinski definition) is 4. The Morgan fingerprint density at radius 2 is 1.85 bits per heavy atom. The van der Waals surface area contributed by atoms with Gasteiger partial charge in [-0.05, 0) is 31.6 Å². The Morgan fingerprint density at radius 3 is 2.37 bits per heavy atom. The number of amides is 3. The molecule has 1 N–H and O–H groups in total. The first-order valence-corrected chi connectivity index (χ1v) is 9.79. The molecule has 0 aromatic rings. The number of carbonyl (C=O) groups excluding carboxylic acids is 3. The third-order valence-electron chi connectivity index (χ3n) is 5.49. The fourth-order valence-corrected chi connectivity index (χ4v) is 4.18. The lowest BCUT2D eigenvalue weighted by molar-refractivity contribution is -0.146. The largest absolute Gasteiger partial charge is 0.480 e. The summed E-state index contributed by atoms with van der Waals surface area (Å²) < 4.78 is 0. The Morgan fingerprint density at radius 1 is 1.15 bits per heavy atom. The van der Waals surface area contributed by atoms with Gasteiger partial charge in [0.25, 0.3) is 0 Å². The van der Waals surface area contributed by atoms with Gasteiger partial charge in [-0.3, -0.25) is 19.2 Å². The van der Waals surface area contributed by atoms with Gasteiger partial charge in [0.15, 0.2) is 0 Å². The molecular formula is C19H31N3O5. The van der Waals surface area contributed by atoms with Crippen LogP contribution in [0.25, 0.3) is 0 Å². The van der Waals surface area contributed by atoms with E-state index in [0.29, 0.717) is 45.3 Å². The van der Waals surface area contributed by atoms with Gasteiger partial charge in [-0.2, -0.15) is 0 Å². The number of rotatable bonds is 6. The quantitative estimate of drug-likeness (QED) is 0.739. The summed E-state index contributed by atoms with van der Waals surface area (Å²) in [5.41, 5.74) is 0. The molecule has 0 saturated carbocycles. The summed E-state index contributed by atoms with van der Waals surface area (Å²) in [6.45, 7) is 6.64. The predicted octanol–water partition coefficient (Wildman–Crippen LogP) is 0.948. The molecule has 0 radical (unpaired) electrons. The molecule has 27 heavy (non-hydrogen) atoms. The van der Waals surface area contributed by atoms with Gasteiger partial charge in [-0.1, -0.05) is 13.8 Å². The van der Waals surface area contributed by atoms with E-state index in [2.05, 4.69) is 0 Å². The second kappa shape index (κ2) is 9.19. The maximum atomic E-state index is 13.2. The van der Waals surface area contributed by atoms with Crippen molar-refractivity contribution in [2.75, 3.05) is 26.2 Å². The lowest BCUT2D eigenvalue weighted by Crippen LogP contribution is -2.52. The second-order valence-electron chi connectivity index (χ2n) is 7.83. The molecule has 2 atom stereocenters. The van der Waals surface area contributed by atoms with Gasteiger partial charge >= 0.3 is 5.97 Å². The Kier molecular flexibility index (Phi) is 7.21. The Labute approximate surface area is 160 Å². The van der Waals surface area contributed by atoms with Crippen LogP contribution in [0.4, 0.5) is 0 Å². The van der Waals surface area contributed by atoms with Crippen molar-refractivity contribution in [1.82, 2.24) is 14.7 Å². The number of hydrogen-bond donors (Lipinski definition) is 1. The van der Waals surface area contributed by atoms with Gasteiger partial charge in [0, 0.05) is 39.0 Å². The summed E-state index contributed by atoms with van der Waals surface area (Å²) in [7, 11) is 0. The molecule has 2 rings (SSSR count). The Hall–Kier alpha value is -2.12. The highest BCUT2D eigenvalue weighted by Gasteiger charge is 2.38. The standard InChI is InChI=1S/C19H31N3O5/c1-13(2)18(21-10-5-7-16(21)24)19(27)20-9-4-6-15(8-11-20)22(14(3)23)12-17(25)26/h13,15,18H,4-12H2,1-3H3,(H,25,26). The second-order valence-corrected chi connectivity index (χ2v) is 7.83. The molecule has 0 spiro atoms. The lowest BCUT2D eigenvalue weighted by Gasteiger charge is -2.34. The summed E-state index contributed by atoms with van der Waals surface area (Å²) in [5, 5.41) is 9.06. The first-order chi connectivity index (χ1) is 12.7. The van der Waals surface area contributed by atoms with Crippen molar-refractivity contribution < 1.29 is 24.3 Å². The number of carboxylic acids is 1. The van der Waals surface area contributed by atoms with Gasteiger partial charge < -0.3 is 19.8 Å². The molecular weight excluding hydrogens is 350 g/mol. The van der Waals surface area contributed by atoms with Crippen LogP contribution in [-0.4, -0.2) is 81.8 Å². The molecule has 8 heteroatoms. The summed E-state index contributed by atoms with van der Waals surface area (Å²) in [4.78, 5) is 53.1. The normalized spacial score (nSPS) is 21.9. The van der Waals surface area contributed by atoms with E-state index in [1.807, 2.05) is 13.8 Å². The van der Waals surface area contributed by atoms with E-state index in [1.165, 1.54) is 11.8 Å². The summed E-state index contributed by atoms with van der Waals surface area (Å²) in [6.07, 6.45) is 3.23. The summed E-state index contributed by atoms with van der Waals surface area (Å²) in [6, 6.07) is -0.623. The topological polar surface area (TPSA) is 98.2 Å². The fraction of sp³-hybridized carbons (Fsp3) is 0.789. The van der Waals surface area contributed by atoms with Gasteiger partial charge in [0.05, 0.1) is 0 Å². The van der Waals surface area contributed by atoms with E-state index < -0.39 is 12.0 Å². The zero-order valence-electron chi connectivity index (χ0n) is 16.5. The maximum absolute atomic E-state index is 13.2. The number of nitrogens with zero attached hydrogens (tertiary/aromatic N) is 3. The van der Waals surface area contributed by atoms with E-state index in [9.17, 15) is 19.2 Å². The van der Waals surface area contributed by atoms with Crippen molar-refractivity contribution >= 4 is 23.7 Å². The van der Waals surface area contributed by atoms with Gasteiger partial charge in [-0.25, -0.2) is 0 Å². The Balaban J connectivity index is 2.07. The zero-order chi connectivity index (χ0) is 20.1. The average molecular weight is 381 g/mol. The van der Waals surface area contributed by atoms with Crippen LogP contribution in [0.5, 0.6) is 0 Å². The number of likely N-dealkylation sites (tertiary alicyclic amines) is 2. The minimum absolute atomic E-state index is 0.0272. The van der Waals surface area contributed by atoms with Crippen molar-refractivity contribution in [2.24, 2.45) is 5.92 Å². The molecule has 0 aliphatic carbocycles. The first-order valence-electron chi connectivity index (χ1n) is 9.79. The summed E-state index contributed by atoms with van der Waals surface area (Å²) in [5.74, 6) is -1.26. The van der Waals surface area contributed by atoms with Crippen molar-refractivity contribution in [3.63, 3.8) is 0 Å². The minimum Gasteiger partial charge on any atom is -0.480 e. The molecule has 2 aliphatic heterocycles. The molecule has 2 heterocycles. The molecule has 2 aliphatic rings. The van der Waals surface area contributed by atoms with E-state index in [4.69, 9.17) is 5.11 Å². The van der Waals surface area contributed by atoms with Crippen LogP contribution in [0, 0.1) is 5.92 Å². The van der Waals surface area contributed by atoms with Crippen LogP contribution >= 0.6 is 0 Å². The fourth-order valence-electron chi connectivity index (χ4n) is 4.18. The van der Waals surface area contributed by atoms with Gasteiger partial charge in [0.2, 0.25) is 17.7 Å². The van der Waals surface area contributed by atoms with Crippen LogP contribution in [0.2, 0.25) is 0 Å². The number of carbonyl (C=O) groups is 4. The van der Waals surface area contributed by atoms with Crippen molar-refractivity contribution in [2.45, 2.75) is 65.0 Å². The molecule has 2 fully saturated rings. The maximum Gasteiger partial charge on any atom is 0.323 e. The SMILES string of the molecule is CC(=O)N(CC(=O)O)C1CCCN(C(=O)C(C(C)C)N2CCCC2=O)CC1. The molecule has 0 bridgehead atoms. The molecule has 8 nitrogen and oxygen atoms in total. The van der Waals surface area contributed by atoms with Crippen LogP contribution in [-0.2, 0) is 19.2 Å². The monoisotopic (exact) mass is 381 g/mol. The number of carboxylic acid groups (broad SMARTS) is 1. The average Bonchev–Trinajstić information content (AvgIpc) is 2.84. The molecule has 2 saturated heterocycles. The van der Waals surface area contributed by atoms with Gasteiger partial charge in [0.1, 0.15) is 12.6 Å². The van der Waals surface area contributed by atoms with Crippen LogP contribution < -0.4 is 0 Å². The molecule has 152 valence electrons.